The number of hydrogen-bond donors (Lipinski definition) is 1. The Kier molecular flexibility index (Phi) is 4.71. The number of anilines is 2. The molecule has 1 aromatic heterocycles. The number of carbonyl (C=O) groups is 1. The molecule has 6 heteroatoms. The summed E-state index contributed by atoms with van der Waals surface area (Å²) in [7, 11) is 0. The van der Waals surface area contributed by atoms with Crippen molar-refractivity contribution in [2.75, 3.05) is 36.5 Å². The molecule has 1 amide bonds. The molecule has 1 fully saturated rings. The van der Waals surface area contributed by atoms with Crippen LogP contribution in [-0.2, 0) is 9.53 Å². The molecule has 2 aromatic rings. The maximum atomic E-state index is 14.4. The number of nitrogens with one attached hydrogen (secondary N) is 1. The Morgan fingerprint density at radius 3 is 2.87 bits per heavy atom. The Bertz CT molecular complexity index is 714. The van der Waals surface area contributed by atoms with Gasteiger partial charge < -0.3 is 15.0 Å². The van der Waals surface area contributed by atoms with E-state index in [4.69, 9.17) is 4.74 Å². The monoisotopic (exact) mass is 317 g/mol. The van der Waals surface area contributed by atoms with Crippen molar-refractivity contribution in [2.24, 2.45) is 0 Å². The van der Waals surface area contributed by atoms with Crippen LogP contribution >= 0.6 is 0 Å². The second kappa shape index (κ2) is 6.91. The number of carbonyl (C=O) groups excluding carboxylic acids is 1. The maximum absolute atomic E-state index is 14.4. The predicted molar refractivity (Wildman–Crippen MR) is 88.3 cm³/mol. The van der Waals surface area contributed by atoms with Crippen LogP contribution in [0, 0.1) is 5.82 Å². The first-order chi connectivity index (χ1) is 11.2. The van der Waals surface area contributed by atoms with E-state index in [0.29, 0.717) is 36.2 Å². The topological polar surface area (TPSA) is 54.5 Å². The molecule has 23 heavy (non-hydrogen) atoms. The van der Waals surface area contributed by atoms with Crippen molar-refractivity contribution in [3.8, 4) is 0 Å². The van der Waals surface area contributed by atoms with Crippen LogP contribution in [0.4, 0.5) is 15.9 Å². The van der Waals surface area contributed by atoms with E-state index in [1.54, 1.807) is 6.07 Å². The molecule has 0 saturated carbocycles. The van der Waals surface area contributed by atoms with Crippen molar-refractivity contribution >= 4 is 28.3 Å². The minimum Gasteiger partial charge on any atom is -0.378 e. The summed E-state index contributed by atoms with van der Waals surface area (Å²) < 4.78 is 19.7. The van der Waals surface area contributed by atoms with Gasteiger partial charge in [-0.3, -0.25) is 4.79 Å². The fourth-order valence-corrected chi connectivity index (χ4v) is 2.67. The minimum atomic E-state index is -0.426. The molecule has 0 atom stereocenters. The summed E-state index contributed by atoms with van der Waals surface area (Å²) in [5.41, 5.74) is 0.789. The molecule has 5 nitrogen and oxygen atoms in total. The third-order valence-corrected chi connectivity index (χ3v) is 3.83. The lowest BCUT2D eigenvalue weighted by Crippen LogP contribution is -2.36. The number of fused-ring (bicyclic) bond motifs is 1. The standard InChI is InChI=1S/C17H20FN3O2/c1-2-3-16(22)19-13-10-12-4-5-15(20-17(12)14(18)11-13)21-6-8-23-9-7-21/h4-5,10-11H,2-3,6-9H2,1H3,(H,19,22). The van der Waals surface area contributed by atoms with Crippen molar-refractivity contribution < 1.29 is 13.9 Å². The SMILES string of the molecule is CCCC(=O)Nc1cc(F)c2nc(N3CCOCC3)ccc2c1. The van der Waals surface area contributed by atoms with Crippen molar-refractivity contribution in [3.63, 3.8) is 0 Å². The zero-order valence-electron chi connectivity index (χ0n) is 13.1. The Morgan fingerprint density at radius 1 is 1.35 bits per heavy atom. The molecule has 1 aromatic carbocycles. The van der Waals surface area contributed by atoms with Crippen molar-refractivity contribution in [3.05, 3.63) is 30.1 Å². The van der Waals surface area contributed by atoms with Crippen molar-refractivity contribution in [1.82, 2.24) is 4.98 Å². The van der Waals surface area contributed by atoms with Gasteiger partial charge in [0.1, 0.15) is 11.3 Å². The summed E-state index contributed by atoms with van der Waals surface area (Å²) in [5.74, 6) is 0.219. The molecule has 2 heterocycles. The van der Waals surface area contributed by atoms with Gasteiger partial charge in [-0.2, -0.15) is 0 Å². The third-order valence-electron chi connectivity index (χ3n) is 3.83. The van der Waals surface area contributed by atoms with E-state index in [-0.39, 0.29) is 5.91 Å². The maximum Gasteiger partial charge on any atom is 0.224 e. The van der Waals surface area contributed by atoms with Crippen LogP contribution in [0.25, 0.3) is 10.9 Å². The first-order valence-electron chi connectivity index (χ1n) is 7.90. The summed E-state index contributed by atoms with van der Waals surface area (Å²) >= 11 is 0. The number of halogens is 1. The van der Waals surface area contributed by atoms with E-state index >= 15 is 0 Å². The lowest BCUT2D eigenvalue weighted by Gasteiger charge is -2.28. The van der Waals surface area contributed by atoms with E-state index in [1.165, 1.54) is 6.07 Å². The number of aromatic nitrogens is 1. The van der Waals surface area contributed by atoms with Crippen LogP contribution in [0.5, 0.6) is 0 Å². The summed E-state index contributed by atoms with van der Waals surface area (Å²) in [6.07, 6.45) is 1.18. The number of amides is 1. The Balaban J connectivity index is 1.88. The number of ether oxygens (including phenoxy) is 1. The van der Waals surface area contributed by atoms with Gasteiger partial charge in [-0.1, -0.05) is 6.92 Å². The zero-order valence-corrected chi connectivity index (χ0v) is 13.1. The molecular weight excluding hydrogens is 297 g/mol. The molecule has 0 unspecified atom stereocenters. The number of benzene rings is 1. The van der Waals surface area contributed by atoms with Gasteiger partial charge >= 0.3 is 0 Å². The van der Waals surface area contributed by atoms with Gasteiger partial charge in [0.25, 0.3) is 0 Å². The van der Waals surface area contributed by atoms with Gasteiger partial charge in [0.15, 0.2) is 5.82 Å². The fraction of sp³-hybridized carbons (Fsp3) is 0.412. The number of hydrogen-bond acceptors (Lipinski definition) is 4. The lowest BCUT2D eigenvalue weighted by molar-refractivity contribution is -0.116. The fourth-order valence-electron chi connectivity index (χ4n) is 2.67. The van der Waals surface area contributed by atoms with Crippen LogP contribution in [0.15, 0.2) is 24.3 Å². The molecule has 0 aliphatic carbocycles. The normalized spacial score (nSPS) is 15.0. The molecule has 0 radical (unpaired) electrons. The average Bonchev–Trinajstić information content (AvgIpc) is 2.55. The van der Waals surface area contributed by atoms with Gasteiger partial charge in [0.2, 0.25) is 5.91 Å². The van der Waals surface area contributed by atoms with Crippen LogP contribution in [0.1, 0.15) is 19.8 Å². The van der Waals surface area contributed by atoms with E-state index in [9.17, 15) is 9.18 Å². The second-order valence-electron chi connectivity index (χ2n) is 5.60. The highest BCUT2D eigenvalue weighted by Gasteiger charge is 2.14. The molecule has 1 aliphatic heterocycles. The molecule has 3 rings (SSSR count). The summed E-state index contributed by atoms with van der Waals surface area (Å²) in [4.78, 5) is 18.2. The number of pyridine rings is 1. The van der Waals surface area contributed by atoms with Crippen LogP contribution < -0.4 is 10.2 Å². The molecule has 1 N–H and O–H groups in total. The van der Waals surface area contributed by atoms with Crippen LogP contribution in [0.2, 0.25) is 0 Å². The molecular formula is C17H20FN3O2. The van der Waals surface area contributed by atoms with Gasteiger partial charge in [-0.25, -0.2) is 9.37 Å². The smallest absolute Gasteiger partial charge is 0.224 e. The number of nitrogens with zero attached hydrogens (tertiary/aromatic N) is 2. The first kappa shape index (κ1) is 15.7. The summed E-state index contributed by atoms with van der Waals surface area (Å²) in [6, 6.07) is 6.80. The van der Waals surface area contributed by atoms with Crippen molar-refractivity contribution in [1.29, 1.82) is 0 Å². The predicted octanol–water partition coefficient (Wildman–Crippen LogP) is 2.95. The Labute approximate surface area is 134 Å². The molecule has 0 bridgehead atoms. The number of morpholine rings is 1. The summed E-state index contributed by atoms with van der Waals surface area (Å²) in [6.45, 7) is 4.75. The molecule has 122 valence electrons. The van der Waals surface area contributed by atoms with Crippen LogP contribution in [-0.4, -0.2) is 37.2 Å². The lowest BCUT2D eigenvalue weighted by atomic mass is 10.1. The Morgan fingerprint density at radius 2 is 2.13 bits per heavy atom. The van der Waals surface area contributed by atoms with E-state index < -0.39 is 5.82 Å². The highest BCUT2D eigenvalue weighted by atomic mass is 19.1. The van der Waals surface area contributed by atoms with Crippen molar-refractivity contribution in [2.45, 2.75) is 19.8 Å². The Hall–Kier alpha value is -2.21. The van der Waals surface area contributed by atoms with Gasteiger partial charge in [-0.05, 0) is 30.7 Å². The first-order valence-corrected chi connectivity index (χ1v) is 7.90. The van der Waals surface area contributed by atoms with Crippen LogP contribution in [0.3, 0.4) is 0 Å². The molecule has 1 aliphatic rings. The van der Waals surface area contributed by atoms with Gasteiger partial charge in [-0.15, -0.1) is 0 Å². The largest absolute Gasteiger partial charge is 0.378 e. The van der Waals surface area contributed by atoms with E-state index in [1.807, 2.05) is 19.1 Å². The quantitative estimate of drug-likeness (QED) is 0.942. The van der Waals surface area contributed by atoms with E-state index in [0.717, 1.165) is 25.3 Å². The molecule has 0 spiro atoms. The summed E-state index contributed by atoms with van der Waals surface area (Å²) in [5, 5.41) is 3.39. The average molecular weight is 317 g/mol. The van der Waals surface area contributed by atoms with Gasteiger partial charge in [0, 0.05) is 30.6 Å². The van der Waals surface area contributed by atoms with Gasteiger partial charge in [0.05, 0.1) is 13.2 Å². The molecule has 1 saturated heterocycles. The van der Waals surface area contributed by atoms with E-state index in [2.05, 4.69) is 15.2 Å². The zero-order chi connectivity index (χ0) is 16.2. The second-order valence-corrected chi connectivity index (χ2v) is 5.60. The number of rotatable bonds is 4. The highest BCUT2D eigenvalue weighted by molar-refractivity contribution is 5.94. The highest BCUT2D eigenvalue weighted by Crippen LogP contribution is 2.25. The minimum absolute atomic E-state index is 0.107. The third kappa shape index (κ3) is 3.59.